The highest BCUT2D eigenvalue weighted by Gasteiger charge is 2.86. The van der Waals surface area contributed by atoms with Gasteiger partial charge in [-0.25, -0.2) is 3.63 Å². The molecule has 0 atom stereocenters. The zero-order valence-electron chi connectivity index (χ0n) is 26.4. The highest BCUT2D eigenvalue weighted by Crippen LogP contribution is 2.73. The predicted molar refractivity (Wildman–Crippen MR) is 179 cm³/mol. The maximum Gasteiger partial charge on any atom is 0.460 e. The molecule has 17 heteroatoms. The van der Waals surface area contributed by atoms with Gasteiger partial charge in [0.05, 0.1) is 9.09 Å². The summed E-state index contributed by atoms with van der Waals surface area (Å²) in [6.45, 7) is 4.69. The minimum Gasteiger partial charge on any atom is -0.294 e. The van der Waals surface area contributed by atoms with Gasteiger partial charge in [0, 0.05) is 19.5 Å². The molecule has 0 fully saturated rings. The fourth-order valence-corrected chi connectivity index (χ4v) is 12.8. The van der Waals surface area contributed by atoms with E-state index in [1.807, 2.05) is 0 Å². The molecule has 0 radical (unpaired) electrons. The van der Waals surface area contributed by atoms with Crippen LogP contribution in [0.1, 0.15) is 27.7 Å². The van der Waals surface area contributed by atoms with E-state index in [2.05, 4.69) is 0 Å². The molecular weight excluding hydrogens is 772 g/mol. The topological polar surface area (TPSA) is 60.4 Å². The van der Waals surface area contributed by atoms with Crippen LogP contribution in [0.25, 0.3) is 20.9 Å². The molecule has 0 unspecified atom stereocenters. The Kier molecular flexibility index (Phi) is 10.1. The van der Waals surface area contributed by atoms with Crippen molar-refractivity contribution >= 4 is 48.9 Å². The number of halogens is 9. The van der Waals surface area contributed by atoms with Crippen LogP contribution in [0.2, 0.25) is 0 Å². The van der Waals surface area contributed by atoms with Gasteiger partial charge in [-0.05, 0) is 90.7 Å². The Labute approximate surface area is 296 Å². The SMILES string of the molecule is CC(=O)c1ccc(-c2ccc(-c3ccc(S(OS(=O)(=O)C(F)(F)C(F)(F)C(F)(F)C(F)(F)F)(c4ccc(C)cc4)c4ccc(C)cc4)s3)cc2)s1. The number of ketones is 1. The number of thiophene rings is 2. The third-order valence-corrected chi connectivity index (χ3v) is 15.7. The molecule has 0 saturated carbocycles. The molecule has 0 saturated heterocycles. The van der Waals surface area contributed by atoms with Crippen LogP contribution in [-0.4, -0.2) is 37.5 Å². The van der Waals surface area contributed by atoms with Gasteiger partial charge in [0.15, 0.2) is 5.78 Å². The van der Waals surface area contributed by atoms with Gasteiger partial charge in [-0.15, -0.1) is 22.7 Å². The third-order valence-electron chi connectivity index (χ3n) is 7.60. The summed E-state index contributed by atoms with van der Waals surface area (Å²) >= 11 is 2.09. The first-order valence-electron chi connectivity index (χ1n) is 14.5. The lowest BCUT2D eigenvalue weighted by Crippen LogP contribution is -2.63. The van der Waals surface area contributed by atoms with E-state index in [0.717, 1.165) is 21.8 Å². The minimum atomic E-state index is -7.49. The van der Waals surface area contributed by atoms with Gasteiger partial charge < -0.3 is 0 Å². The Morgan fingerprint density at radius 2 is 1.02 bits per heavy atom. The van der Waals surface area contributed by atoms with Crippen LogP contribution in [0.4, 0.5) is 39.5 Å². The van der Waals surface area contributed by atoms with Crippen LogP contribution in [-0.2, 0) is 13.7 Å². The lowest BCUT2D eigenvalue weighted by atomic mass is 10.1. The van der Waals surface area contributed by atoms with Crippen LogP contribution in [0, 0.1) is 13.8 Å². The Morgan fingerprint density at radius 3 is 1.43 bits per heavy atom. The standard InChI is InChI=1S/C34H25F9O4S4/c1-20-4-12-25(13-5-20)50(26-14-6-21(2)7-15-26,47-51(45,46)34(42,43)32(37,38)31(35,36)33(39,40)41)30-19-18-29(49-30)24-10-8-23(9-11-24)28-17-16-27(48-28)22(3)44/h4-19H,1-3H3. The van der Waals surface area contributed by atoms with Gasteiger partial charge >= 0.3 is 33.4 Å². The van der Waals surface area contributed by atoms with Crippen molar-refractivity contribution in [1.29, 1.82) is 0 Å². The third kappa shape index (κ3) is 6.74. The number of alkyl halides is 9. The smallest absolute Gasteiger partial charge is 0.294 e. The van der Waals surface area contributed by atoms with E-state index in [0.29, 0.717) is 26.4 Å². The molecule has 0 aliphatic heterocycles. The molecule has 2 heterocycles. The molecule has 5 rings (SSSR count). The fraction of sp³-hybridized carbons (Fsp3) is 0.206. The molecule has 2 aromatic heterocycles. The first kappa shape index (κ1) is 38.6. The number of Topliss-reactive ketones (excluding diaryl/α,β-unsaturated/α-hetero) is 1. The lowest BCUT2D eigenvalue weighted by molar-refractivity contribution is -0.382. The molecule has 3 aromatic carbocycles. The molecule has 0 spiro atoms. The van der Waals surface area contributed by atoms with E-state index >= 15 is 8.78 Å². The summed E-state index contributed by atoms with van der Waals surface area (Å²) in [7, 11) is -11.5. The van der Waals surface area contributed by atoms with E-state index < -0.39 is 43.7 Å². The Bertz CT molecular complexity index is 2110. The average molecular weight is 797 g/mol. The first-order valence-corrected chi connectivity index (χ1v) is 19.1. The van der Waals surface area contributed by atoms with E-state index in [1.165, 1.54) is 78.9 Å². The Hall–Kier alpha value is -3.64. The second kappa shape index (κ2) is 13.4. The van der Waals surface area contributed by atoms with E-state index in [4.69, 9.17) is 3.63 Å². The molecular formula is C34H25F9O4S4. The normalized spacial score (nSPS) is 13.7. The van der Waals surface area contributed by atoms with Crippen molar-refractivity contribution in [2.75, 3.05) is 0 Å². The summed E-state index contributed by atoms with van der Waals surface area (Å²) in [5.74, 6) is -15.1. The summed E-state index contributed by atoms with van der Waals surface area (Å²) in [5, 5.41) is -7.08. The summed E-state index contributed by atoms with van der Waals surface area (Å²) < 4.78 is 158. The number of benzene rings is 3. The van der Waals surface area contributed by atoms with Gasteiger partial charge in [-0.2, -0.15) is 47.9 Å². The Balaban J connectivity index is 1.70. The lowest BCUT2D eigenvalue weighted by Gasteiger charge is -2.40. The molecule has 0 aliphatic carbocycles. The van der Waals surface area contributed by atoms with Gasteiger partial charge in [-0.1, -0.05) is 59.7 Å². The number of carbonyl (C=O) groups excluding carboxylic acids is 1. The van der Waals surface area contributed by atoms with Crippen molar-refractivity contribution in [3.05, 3.63) is 113 Å². The second-order valence-electron chi connectivity index (χ2n) is 11.3. The van der Waals surface area contributed by atoms with Crippen LogP contribution >= 0.6 is 33.0 Å². The number of aryl methyl sites for hydroxylation is 2. The summed E-state index contributed by atoms with van der Waals surface area (Å²) in [4.78, 5) is 13.1. The molecule has 0 bridgehead atoms. The zero-order chi connectivity index (χ0) is 37.8. The summed E-state index contributed by atoms with van der Waals surface area (Å²) in [6, 6.07) is 23.8. The predicted octanol–water partition coefficient (Wildman–Crippen LogP) is 11.9. The minimum absolute atomic E-state index is 0.109. The summed E-state index contributed by atoms with van der Waals surface area (Å²) in [6.07, 6.45) is -7.25. The highest BCUT2D eigenvalue weighted by molar-refractivity contribution is 8.34. The van der Waals surface area contributed by atoms with Crippen LogP contribution in [0.5, 0.6) is 0 Å². The van der Waals surface area contributed by atoms with Crippen molar-refractivity contribution in [1.82, 2.24) is 0 Å². The van der Waals surface area contributed by atoms with Gasteiger partial charge in [-0.3, -0.25) is 4.79 Å². The molecule has 0 amide bonds. The van der Waals surface area contributed by atoms with Crippen LogP contribution < -0.4 is 0 Å². The van der Waals surface area contributed by atoms with E-state index in [1.54, 1.807) is 50.2 Å². The van der Waals surface area contributed by atoms with Gasteiger partial charge in [0.1, 0.15) is 0 Å². The Morgan fingerprint density at radius 1 is 0.588 bits per heavy atom. The van der Waals surface area contributed by atoms with Gasteiger partial charge in [0.25, 0.3) is 0 Å². The van der Waals surface area contributed by atoms with E-state index in [9.17, 15) is 43.9 Å². The van der Waals surface area contributed by atoms with Crippen molar-refractivity contribution in [3.8, 4) is 20.9 Å². The monoisotopic (exact) mass is 796 g/mol. The maximum atomic E-state index is 15.3. The van der Waals surface area contributed by atoms with Gasteiger partial charge in [0.2, 0.25) is 0 Å². The second-order valence-corrected chi connectivity index (χ2v) is 18.2. The number of rotatable bonds is 11. The molecule has 4 nitrogen and oxygen atoms in total. The molecule has 51 heavy (non-hydrogen) atoms. The van der Waals surface area contributed by atoms with Crippen molar-refractivity contribution in [2.45, 2.75) is 58.0 Å². The number of hydrogen-bond donors (Lipinski definition) is 0. The van der Waals surface area contributed by atoms with Crippen molar-refractivity contribution in [3.63, 3.8) is 0 Å². The summed E-state index contributed by atoms with van der Waals surface area (Å²) in [5.41, 5.74) is 2.46. The van der Waals surface area contributed by atoms with E-state index in [-0.39, 0.29) is 19.8 Å². The number of hydrogen-bond acceptors (Lipinski definition) is 6. The van der Waals surface area contributed by atoms with Crippen LogP contribution in [0.3, 0.4) is 0 Å². The number of carbonyl (C=O) groups is 1. The maximum absolute atomic E-state index is 15.3. The van der Waals surface area contributed by atoms with Crippen LogP contribution in [0.15, 0.2) is 111 Å². The quantitative estimate of drug-likeness (QED) is 0.0987. The molecule has 0 aliphatic rings. The average Bonchev–Trinajstić information content (AvgIpc) is 3.75. The largest absolute Gasteiger partial charge is 0.460 e. The molecule has 272 valence electrons. The first-order chi connectivity index (χ1) is 23.5. The zero-order valence-corrected chi connectivity index (χ0v) is 29.7. The fourth-order valence-electron chi connectivity index (χ4n) is 4.75. The highest BCUT2D eigenvalue weighted by atomic mass is 32.3. The molecule has 5 aromatic rings. The molecule has 0 N–H and O–H groups in total. The van der Waals surface area contributed by atoms with Crippen molar-refractivity contribution in [2.24, 2.45) is 0 Å². The van der Waals surface area contributed by atoms with Crippen molar-refractivity contribution < 1.29 is 56.4 Å².